The van der Waals surface area contributed by atoms with Gasteiger partial charge in [-0.1, -0.05) is 105 Å². The van der Waals surface area contributed by atoms with Crippen LogP contribution in [0.25, 0.3) is 0 Å². The van der Waals surface area contributed by atoms with Crippen molar-refractivity contribution in [1.82, 2.24) is 0 Å². The lowest BCUT2D eigenvalue weighted by molar-refractivity contribution is 0.383. The van der Waals surface area contributed by atoms with Gasteiger partial charge in [-0.25, -0.2) is 0 Å². The lowest BCUT2D eigenvalue weighted by atomic mass is 9.83. The second-order valence-corrected chi connectivity index (χ2v) is 6.28. The average Bonchev–Trinajstić information content (AvgIpc) is 2.41. The van der Waals surface area contributed by atoms with Crippen molar-refractivity contribution in [2.45, 2.75) is 105 Å². The van der Waals surface area contributed by atoms with Gasteiger partial charge >= 0.3 is 0 Å². The van der Waals surface area contributed by atoms with Gasteiger partial charge in [0.25, 0.3) is 0 Å². The molecule has 0 amide bonds. The van der Waals surface area contributed by atoms with Crippen LogP contribution in [0.3, 0.4) is 0 Å². The molecule has 0 spiro atoms. The van der Waals surface area contributed by atoms with E-state index in [2.05, 4.69) is 34.1 Å². The van der Waals surface area contributed by atoms with Gasteiger partial charge in [0.05, 0.1) is 0 Å². The van der Waals surface area contributed by atoms with Crippen LogP contribution in [0.5, 0.6) is 0 Å². The molecule has 0 fully saturated rings. The van der Waals surface area contributed by atoms with Crippen LogP contribution in [-0.4, -0.2) is 0 Å². The molecule has 0 aliphatic rings. The molecule has 115 valence electrons. The van der Waals surface area contributed by atoms with Gasteiger partial charge in [0.2, 0.25) is 0 Å². The summed E-state index contributed by atoms with van der Waals surface area (Å²) in [5, 5.41) is 0. The smallest absolute Gasteiger partial charge is 0.0324 e. The van der Waals surface area contributed by atoms with E-state index in [9.17, 15) is 0 Å². The highest BCUT2D eigenvalue weighted by molar-refractivity contribution is 4.83. The Bertz CT molecular complexity index is 161. The van der Waals surface area contributed by atoms with E-state index in [4.69, 9.17) is 0 Å². The molecule has 0 bridgehead atoms. The minimum Gasteiger partial charge on any atom is -0.0654 e. The molecule has 1 radical (unpaired) electrons. The predicted octanol–water partition coefficient (Wildman–Crippen LogP) is 7.18. The fraction of sp³-hybridized carbons (Fsp3) is 0.947. The first-order chi connectivity index (χ1) is 9.28. The summed E-state index contributed by atoms with van der Waals surface area (Å²) in [7, 11) is 0. The van der Waals surface area contributed by atoms with Crippen molar-refractivity contribution in [2.24, 2.45) is 11.8 Å². The van der Waals surface area contributed by atoms with Crippen molar-refractivity contribution in [3.63, 3.8) is 0 Å². The molecule has 2 atom stereocenters. The van der Waals surface area contributed by atoms with Crippen molar-refractivity contribution in [3.8, 4) is 0 Å². The molecule has 0 saturated carbocycles. The molecule has 0 nitrogen and oxygen atoms in total. The van der Waals surface area contributed by atoms with E-state index < -0.39 is 0 Å². The minimum absolute atomic E-state index is 0.896. The first-order valence-corrected chi connectivity index (χ1v) is 9.13. The van der Waals surface area contributed by atoms with Crippen molar-refractivity contribution < 1.29 is 0 Å². The molecule has 0 aliphatic carbocycles. The Labute approximate surface area is 123 Å². The zero-order valence-corrected chi connectivity index (χ0v) is 14.2. The Morgan fingerprint density at radius 1 is 0.526 bits per heavy atom. The fourth-order valence-electron chi connectivity index (χ4n) is 3.10. The number of unbranched alkanes of at least 4 members (excludes halogenated alkanes) is 4. The first kappa shape index (κ1) is 19.0. The molecule has 0 heterocycles. The highest BCUT2D eigenvalue weighted by Gasteiger charge is 2.15. The number of hydrogen-bond donors (Lipinski definition) is 0. The second-order valence-electron chi connectivity index (χ2n) is 6.28. The maximum Gasteiger partial charge on any atom is -0.0324 e. The largest absolute Gasteiger partial charge is 0.0654 e. The second kappa shape index (κ2) is 14.4. The highest BCUT2D eigenvalue weighted by Crippen LogP contribution is 2.28. The predicted molar refractivity (Wildman–Crippen MR) is 89.4 cm³/mol. The lowest BCUT2D eigenvalue weighted by Gasteiger charge is -2.23. The van der Waals surface area contributed by atoms with Crippen LogP contribution in [-0.2, 0) is 0 Å². The normalized spacial score (nSPS) is 14.5. The van der Waals surface area contributed by atoms with Gasteiger partial charge in [0.15, 0.2) is 0 Å². The minimum atomic E-state index is 0.896. The Kier molecular flexibility index (Phi) is 14.4. The third-order valence-electron chi connectivity index (χ3n) is 4.22. The zero-order valence-electron chi connectivity index (χ0n) is 14.2. The monoisotopic (exact) mass is 267 g/mol. The van der Waals surface area contributed by atoms with Crippen LogP contribution >= 0.6 is 0 Å². The van der Waals surface area contributed by atoms with Gasteiger partial charge < -0.3 is 0 Å². The van der Waals surface area contributed by atoms with Crippen LogP contribution < -0.4 is 0 Å². The Balaban J connectivity index is 4.02. The third-order valence-corrected chi connectivity index (χ3v) is 4.22. The van der Waals surface area contributed by atoms with Gasteiger partial charge in [-0.15, -0.1) is 0 Å². The summed E-state index contributed by atoms with van der Waals surface area (Å²) in [5.74, 6) is 1.79. The Hall–Kier alpha value is 0. The van der Waals surface area contributed by atoms with Crippen LogP contribution in [0, 0.1) is 18.3 Å². The Morgan fingerprint density at radius 3 is 1.53 bits per heavy atom. The molecule has 0 N–H and O–H groups in total. The average molecular weight is 268 g/mol. The van der Waals surface area contributed by atoms with Crippen molar-refractivity contribution in [3.05, 3.63) is 6.42 Å². The summed E-state index contributed by atoms with van der Waals surface area (Å²) in [6.45, 7) is 9.30. The summed E-state index contributed by atoms with van der Waals surface area (Å²) in [6, 6.07) is 0. The molecule has 0 aromatic heterocycles. The molecular weight excluding hydrogens is 228 g/mol. The van der Waals surface area contributed by atoms with Gasteiger partial charge in [-0.3, -0.25) is 0 Å². The lowest BCUT2D eigenvalue weighted by Crippen LogP contribution is -2.11. The topological polar surface area (TPSA) is 0 Å². The Morgan fingerprint density at radius 2 is 1.05 bits per heavy atom. The van der Waals surface area contributed by atoms with Crippen LogP contribution in [0.1, 0.15) is 105 Å². The fourth-order valence-corrected chi connectivity index (χ4v) is 3.10. The van der Waals surface area contributed by atoms with Crippen molar-refractivity contribution in [1.29, 1.82) is 0 Å². The molecule has 0 aromatic rings. The van der Waals surface area contributed by atoms with Gasteiger partial charge in [0, 0.05) is 0 Å². The van der Waals surface area contributed by atoms with Crippen LogP contribution in [0.4, 0.5) is 0 Å². The van der Waals surface area contributed by atoms with Gasteiger partial charge in [0.1, 0.15) is 0 Å². The molecule has 0 aromatic carbocycles. The van der Waals surface area contributed by atoms with E-state index in [1.54, 1.807) is 0 Å². The maximum absolute atomic E-state index is 2.74. The molecule has 0 saturated heterocycles. The van der Waals surface area contributed by atoms with E-state index in [-0.39, 0.29) is 0 Å². The maximum atomic E-state index is 2.74. The molecule has 2 unspecified atom stereocenters. The first-order valence-electron chi connectivity index (χ1n) is 9.13. The van der Waals surface area contributed by atoms with E-state index >= 15 is 0 Å². The van der Waals surface area contributed by atoms with Crippen LogP contribution in [0.15, 0.2) is 0 Å². The van der Waals surface area contributed by atoms with E-state index in [0.29, 0.717) is 0 Å². The van der Waals surface area contributed by atoms with Gasteiger partial charge in [-0.05, 0) is 18.3 Å². The molecule has 0 aliphatic heterocycles. The molecular formula is C19H39. The van der Waals surface area contributed by atoms with Gasteiger partial charge in [-0.2, -0.15) is 0 Å². The van der Waals surface area contributed by atoms with Crippen molar-refractivity contribution in [2.75, 3.05) is 0 Å². The summed E-state index contributed by atoms with van der Waals surface area (Å²) in [4.78, 5) is 0. The molecule has 0 heteroatoms. The molecule has 19 heavy (non-hydrogen) atoms. The molecule has 0 rings (SSSR count). The van der Waals surface area contributed by atoms with E-state index in [1.807, 2.05) is 0 Å². The number of rotatable bonds is 14. The standard InChI is InChI=1S/C19H39/c1-5-9-11-12-16-19(14-8-4)17-18(13-7-3)15-10-6-2/h17-19H,5-16H2,1-4H3. The van der Waals surface area contributed by atoms with Crippen LogP contribution in [0.2, 0.25) is 0 Å². The summed E-state index contributed by atoms with van der Waals surface area (Å²) >= 11 is 0. The number of hydrogen-bond acceptors (Lipinski definition) is 0. The quantitative estimate of drug-likeness (QED) is 0.292. The highest BCUT2D eigenvalue weighted by atomic mass is 14.2. The summed E-state index contributed by atoms with van der Waals surface area (Å²) in [5.41, 5.74) is 0. The van der Waals surface area contributed by atoms with E-state index in [0.717, 1.165) is 11.8 Å². The van der Waals surface area contributed by atoms with E-state index in [1.165, 1.54) is 77.0 Å². The SMILES string of the molecule is CCCCCCC([CH]C(CCC)CCCC)CCC. The third kappa shape index (κ3) is 11.5. The summed E-state index contributed by atoms with van der Waals surface area (Å²) < 4.78 is 0. The zero-order chi connectivity index (χ0) is 14.3. The summed E-state index contributed by atoms with van der Waals surface area (Å²) in [6.07, 6.45) is 19.6. The van der Waals surface area contributed by atoms with Crippen molar-refractivity contribution >= 4 is 0 Å².